The smallest absolute Gasteiger partial charge is 0.236 e. The Morgan fingerprint density at radius 3 is 2.60 bits per heavy atom. The highest BCUT2D eigenvalue weighted by atomic mass is 35.5. The van der Waals surface area contributed by atoms with Crippen LogP contribution in [-0.2, 0) is 10.0 Å². The fourth-order valence-electron chi connectivity index (χ4n) is 2.08. The Morgan fingerprint density at radius 2 is 2.00 bits per heavy atom. The molecular weight excluding hydrogens is 298 g/mol. The lowest BCUT2D eigenvalue weighted by atomic mass is 9.98. The van der Waals surface area contributed by atoms with Gasteiger partial charge in [0.25, 0.3) is 0 Å². The fraction of sp³-hybridized carbons (Fsp3) is 0.429. The summed E-state index contributed by atoms with van der Waals surface area (Å²) >= 11 is 5.77. The maximum Gasteiger partial charge on any atom is 0.236 e. The summed E-state index contributed by atoms with van der Waals surface area (Å²) in [5, 5.41) is 11.6. The molecule has 1 saturated heterocycles. The van der Waals surface area contributed by atoms with Crippen LogP contribution in [0.1, 0.15) is 18.9 Å². The predicted molar refractivity (Wildman–Crippen MR) is 80.8 cm³/mol. The number of hydrogen-bond donors (Lipinski definition) is 1. The summed E-state index contributed by atoms with van der Waals surface area (Å²) in [4.78, 5) is 0. The Hall–Kier alpha value is -0.880. The van der Waals surface area contributed by atoms with E-state index in [9.17, 15) is 13.5 Å². The molecule has 0 bridgehead atoms. The van der Waals surface area contributed by atoms with E-state index >= 15 is 0 Å². The first kappa shape index (κ1) is 15.5. The van der Waals surface area contributed by atoms with Crippen molar-refractivity contribution in [2.75, 3.05) is 13.1 Å². The van der Waals surface area contributed by atoms with Gasteiger partial charge < -0.3 is 5.11 Å². The zero-order chi connectivity index (χ0) is 14.8. The quantitative estimate of drug-likeness (QED) is 0.931. The van der Waals surface area contributed by atoms with Crippen LogP contribution < -0.4 is 0 Å². The molecule has 1 aliphatic heterocycles. The second-order valence-corrected chi connectivity index (χ2v) is 7.35. The van der Waals surface area contributed by atoms with Gasteiger partial charge in [-0.25, -0.2) is 8.42 Å². The monoisotopic (exact) mass is 315 g/mol. The fourth-order valence-corrected chi connectivity index (χ4v) is 3.42. The molecule has 0 aliphatic carbocycles. The van der Waals surface area contributed by atoms with E-state index in [0.717, 1.165) is 5.56 Å². The largest absolute Gasteiger partial charge is 0.391 e. The van der Waals surface area contributed by atoms with Crippen molar-refractivity contribution in [3.8, 4) is 0 Å². The number of piperidine rings is 1. The van der Waals surface area contributed by atoms with Gasteiger partial charge in [-0.2, -0.15) is 4.31 Å². The van der Waals surface area contributed by atoms with Crippen LogP contribution in [0.3, 0.4) is 0 Å². The summed E-state index contributed by atoms with van der Waals surface area (Å²) < 4.78 is 25.7. The van der Waals surface area contributed by atoms with Gasteiger partial charge in [0, 0.05) is 23.5 Å². The average molecular weight is 316 g/mol. The van der Waals surface area contributed by atoms with Crippen LogP contribution in [0.5, 0.6) is 0 Å². The molecule has 2 unspecified atom stereocenters. The number of benzene rings is 1. The maximum absolute atomic E-state index is 12.2. The third-order valence-corrected chi connectivity index (χ3v) is 5.33. The van der Waals surface area contributed by atoms with Crippen molar-refractivity contribution in [2.45, 2.75) is 19.4 Å². The van der Waals surface area contributed by atoms with Crippen molar-refractivity contribution in [2.24, 2.45) is 5.92 Å². The molecule has 0 spiro atoms. The van der Waals surface area contributed by atoms with Gasteiger partial charge in [-0.05, 0) is 36.1 Å². The average Bonchev–Trinajstić information content (AvgIpc) is 2.41. The molecule has 0 radical (unpaired) electrons. The van der Waals surface area contributed by atoms with Crippen LogP contribution in [0.4, 0.5) is 0 Å². The molecular formula is C14H18ClNO3S. The summed E-state index contributed by atoms with van der Waals surface area (Å²) in [5.74, 6) is 0.140. The minimum Gasteiger partial charge on any atom is -0.391 e. The zero-order valence-electron chi connectivity index (χ0n) is 11.2. The molecule has 2 atom stereocenters. The summed E-state index contributed by atoms with van der Waals surface area (Å²) in [5.41, 5.74) is 0.768. The van der Waals surface area contributed by atoms with Crippen molar-refractivity contribution in [3.05, 3.63) is 40.3 Å². The molecule has 1 heterocycles. The van der Waals surface area contributed by atoms with Crippen LogP contribution >= 0.6 is 11.6 Å². The molecule has 1 aliphatic rings. The second-order valence-electron chi connectivity index (χ2n) is 5.09. The molecule has 110 valence electrons. The van der Waals surface area contributed by atoms with Crippen LogP contribution in [-0.4, -0.2) is 37.0 Å². The molecule has 0 saturated carbocycles. The van der Waals surface area contributed by atoms with E-state index < -0.39 is 16.1 Å². The van der Waals surface area contributed by atoms with Crippen molar-refractivity contribution >= 4 is 27.7 Å². The van der Waals surface area contributed by atoms with E-state index in [2.05, 4.69) is 0 Å². The first-order valence-corrected chi connectivity index (χ1v) is 8.38. The molecule has 6 heteroatoms. The molecule has 4 nitrogen and oxygen atoms in total. The summed E-state index contributed by atoms with van der Waals surface area (Å²) in [6.07, 6.45) is 1.62. The van der Waals surface area contributed by atoms with Crippen molar-refractivity contribution < 1.29 is 13.5 Å². The van der Waals surface area contributed by atoms with Gasteiger partial charge in [-0.15, -0.1) is 0 Å². The van der Waals surface area contributed by atoms with E-state index in [1.165, 1.54) is 15.8 Å². The van der Waals surface area contributed by atoms with Gasteiger partial charge in [-0.3, -0.25) is 0 Å². The molecule has 2 rings (SSSR count). The second kappa shape index (κ2) is 6.26. The molecule has 0 aromatic heterocycles. The molecule has 0 amide bonds. The first-order chi connectivity index (χ1) is 9.38. The minimum atomic E-state index is -3.49. The number of aliphatic hydroxyl groups excluding tert-OH is 1. The van der Waals surface area contributed by atoms with Gasteiger partial charge in [0.2, 0.25) is 10.0 Å². The zero-order valence-corrected chi connectivity index (χ0v) is 12.8. The number of sulfonamides is 1. The van der Waals surface area contributed by atoms with E-state index in [1.807, 2.05) is 6.92 Å². The number of hydrogen-bond acceptors (Lipinski definition) is 3. The summed E-state index contributed by atoms with van der Waals surface area (Å²) in [6.45, 7) is 2.54. The third kappa shape index (κ3) is 3.82. The SMILES string of the molecule is CC1CCN(S(=O)(=O)/C=C/c2ccc(Cl)cc2)CC1O. The van der Waals surface area contributed by atoms with Crippen molar-refractivity contribution in [1.29, 1.82) is 0 Å². The topological polar surface area (TPSA) is 57.6 Å². The maximum atomic E-state index is 12.2. The third-order valence-electron chi connectivity index (χ3n) is 3.54. The highest BCUT2D eigenvalue weighted by molar-refractivity contribution is 7.92. The summed E-state index contributed by atoms with van der Waals surface area (Å²) in [6, 6.07) is 6.92. The van der Waals surface area contributed by atoms with Crippen LogP contribution in [0.2, 0.25) is 5.02 Å². The van der Waals surface area contributed by atoms with Gasteiger partial charge >= 0.3 is 0 Å². The van der Waals surface area contributed by atoms with E-state index in [-0.39, 0.29) is 12.5 Å². The number of β-amino-alcohol motifs (C(OH)–C–C–N with tert-alkyl or cyclic N) is 1. The lowest BCUT2D eigenvalue weighted by Gasteiger charge is -2.32. The van der Waals surface area contributed by atoms with E-state index in [0.29, 0.717) is 18.0 Å². The van der Waals surface area contributed by atoms with Gasteiger partial charge in [0.05, 0.1) is 6.10 Å². The van der Waals surface area contributed by atoms with Gasteiger partial charge in [-0.1, -0.05) is 30.7 Å². The Labute approximate surface area is 124 Å². The number of rotatable bonds is 3. The Bertz CT molecular complexity index is 583. The molecule has 1 aromatic rings. The predicted octanol–water partition coefficient (Wildman–Crippen LogP) is 2.34. The Kier molecular flexibility index (Phi) is 4.86. The highest BCUT2D eigenvalue weighted by Gasteiger charge is 2.30. The first-order valence-electron chi connectivity index (χ1n) is 6.50. The van der Waals surface area contributed by atoms with Crippen LogP contribution in [0, 0.1) is 5.92 Å². The lowest BCUT2D eigenvalue weighted by molar-refractivity contribution is 0.0610. The standard InChI is InChI=1S/C14H18ClNO3S/c1-11-6-8-16(10-14(11)17)20(18,19)9-7-12-2-4-13(15)5-3-12/h2-5,7,9,11,14,17H,6,8,10H2,1H3/b9-7+. The Morgan fingerprint density at radius 1 is 1.35 bits per heavy atom. The van der Waals surface area contributed by atoms with Crippen molar-refractivity contribution in [1.82, 2.24) is 4.31 Å². The van der Waals surface area contributed by atoms with Crippen molar-refractivity contribution in [3.63, 3.8) is 0 Å². The minimum absolute atomic E-state index is 0.140. The molecule has 1 aromatic carbocycles. The molecule has 1 fully saturated rings. The Balaban J connectivity index is 2.09. The molecule has 1 N–H and O–H groups in total. The summed E-state index contributed by atoms with van der Waals surface area (Å²) in [7, 11) is -3.49. The molecule has 20 heavy (non-hydrogen) atoms. The highest BCUT2D eigenvalue weighted by Crippen LogP contribution is 2.20. The van der Waals surface area contributed by atoms with Crippen LogP contribution in [0.15, 0.2) is 29.7 Å². The lowest BCUT2D eigenvalue weighted by Crippen LogP contribution is -2.45. The number of halogens is 1. The number of nitrogens with zero attached hydrogens (tertiary/aromatic N) is 1. The van der Waals surface area contributed by atoms with E-state index in [1.54, 1.807) is 24.3 Å². The van der Waals surface area contributed by atoms with Crippen LogP contribution in [0.25, 0.3) is 6.08 Å². The van der Waals surface area contributed by atoms with E-state index in [4.69, 9.17) is 11.6 Å². The van der Waals surface area contributed by atoms with Gasteiger partial charge in [0.15, 0.2) is 0 Å². The number of aliphatic hydroxyl groups is 1. The van der Waals surface area contributed by atoms with Gasteiger partial charge in [0.1, 0.15) is 0 Å². The normalized spacial score (nSPS) is 25.1.